The van der Waals surface area contributed by atoms with Gasteiger partial charge in [-0.15, -0.1) is 0 Å². The van der Waals surface area contributed by atoms with E-state index in [0.29, 0.717) is 23.9 Å². The van der Waals surface area contributed by atoms with Crippen LogP contribution < -0.4 is 4.74 Å². The van der Waals surface area contributed by atoms with Crippen LogP contribution in [0.3, 0.4) is 0 Å². The van der Waals surface area contributed by atoms with Crippen molar-refractivity contribution in [3.8, 4) is 5.88 Å². The molecule has 4 heteroatoms. The van der Waals surface area contributed by atoms with Crippen molar-refractivity contribution in [1.29, 1.82) is 0 Å². The highest BCUT2D eigenvalue weighted by molar-refractivity contribution is 6.29. The molecule has 0 aliphatic rings. The van der Waals surface area contributed by atoms with Gasteiger partial charge < -0.3 is 9.53 Å². The highest BCUT2D eigenvalue weighted by atomic mass is 35.5. The normalized spacial score (nSPS) is 9.93. The minimum Gasteiger partial charge on any atom is -0.481 e. The van der Waals surface area contributed by atoms with Gasteiger partial charge in [0.1, 0.15) is 10.9 Å². The Labute approximate surface area is 88.1 Å². The molecule has 0 aliphatic heterocycles. The van der Waals surface area contributed by atoms with Gasteiger partial charge in [0, 0.05) is 12.0 Å². The maximum atomic E-state index is 10.8. The minimum atomic E-state index is 0.155. The number of halogens is 1. The number of rotatable bonds is 4. The van der Waals surface area contributed by atoms with Crippen LogP contribution in [0.2, 0.25) is 5.15 Å². The third-order valence-electron chi connectivity index (χ3n) is 1.84. The molecule has 0 aromatic carbocycles. The molecule has 3 nitrogen and oxygen atoms in total. The van der Waals surface area contributed by atoms with E-state index >= 15 is 0 Å². The van der Waals surface area contributed by atoms with Crippen LogP contribution in [0.15, 0.2) is 12.1 Å². The molecule has 0 atom stereocenters. The Kier molecular flexibility index (Phi) is 3.89. The van der Waals surface area contributed by atoms with Crippen molar-refractivity contribution in [3.63, 3.8) is 0 Å². The second-order valence-electron chi connectivity index (χ2n) is 3.00. The molecule has 0 amide bonds. The van der Waals surface area contributed by atoms with E-state index in [1.54, 1.807) is 13.0 Å². The van der Waals surface area contributed by atoms with E-state index in [4.69, 9.17) is 16.3 Å². The van der Waals surface area contributed by atoms with Crippen molar-refractivity contribution < 1.29 is 9.53 Å². The predicted octanol–water partition coefficient (Wildman–Crippen LogP) is 2.27. The van der Waals surface area contributed by atoms with Crippen molar-refractivity contribution >= 4 is 17.4 Å². The molecule has 0 bridgehead atoms. The number of ether oxygens (including phenoxy) is 1. The topological polar surface area (TPSA) is 39.2 Å². The molecular formula is C10H12ClNO2. The molecular weight excluding hydrogens is 202 g/mol. The molecule has 14 heavy (non-hydrogen) atoms. The van der Waals surface area contributed by atoms with Gasteiger partial charge in [-0.2, -0.15) is 0 Å². The van der Waals surface area contributed by atoms with E-state index in [0.717, 1.165) is 5.56 Å². The molecule has 0 saturated carbocycles. The fraction of sp³-hybridized carbons (Fsp3) is 0.400. The number of nitrogens with zero attached hydrogens (tertiary/aromatic N) is 1. The zero-order chi connectivity index (χ0) is 10.6. The number of hydrogen-bond acceptors (Lipinski definition) is 3. The first-order valence-electron chi connectivity index (χ1n) is 4.32. The number of Topliss-reactive ketones (excluding diaryl/α,β-unsaturated/α-hetero) is 1. The van der Waals surface area contributed by atoms with E-state index in [1.165, 1.54) is 7.11 Å². The van der Waals surface area contributed by atoms with Gasteiger partial charge in [-0.3, -0.25) is 0 Å². The Bertz CT molecular complexity index is 339. The number of aromatic nitrogens is 1. The summed E-state index contributed by atoms with van der Waals surface area (Å²) in [6.07, 6.45) is 1.14. The highest BCUT2D eigenvalue weighted by Gasteiger charge is 2.06. The first kappa shape index (κ1) is 11.0. The number of carbonyl (C=O) groups excluding carboxylic acids is 1. The summed E-state index contributed by atoms with van der Waals surface area (Å²) in [4.78, 5) is 14.8. The summed E-state index contributed by atoms with van der Waals surface area (Å²) in [7, 11) is 1.54. The lowest BCUT2D eigenvalue weighted by Crippen LogP contribution is -1.99. The second kappa shape index (κ2) is 4.96. The van der Waals surface area contributed by atoms with Crippen LogP contribution in [0.4, 0.5) is 0 Å². The van der Waals surface area contributed by atoms with Crippen molar-refractivity contribution in [3.05, 3.63) is 22.8 Å². The molecule has 0 radical (unpaired) electrons. The number of carbonyl (C=O) groups is 1. The van der Waals surface area contributed by atoms with Crippen LogP contribution >= 0.6 is 11.6 Å². The van der Waals surface area contributed by atoms with E-state index in [9.17, 15) is 4.79 Å². The molecule has 0 fully saturated rings. The Hall–Kier alpha value is -1.09. The maximum absolute atomic E-state index is 10.8. The van der Waals surface area contributed by atoms with Crippen molar-refractivity contribution in [2.45, 2.75) is 19.8 Å². The Balaban J connectivity index is 2.80. The Morgan fingerprint density at radius 3 is 2.86 bits per heavy atom. The maximum Gasteiger partial charge on any atom is 0.217 e. The average Bonchev–Trinajstić information content (AvgIpc) is 2.15. The van der Waals surface area contributed by atoms with Gasteiger partial charge in [0.2, 0.25) is 5.88 Å². The van der Waals surface area contributed by atoms with Gasteiger partial charge in [0.25, 0.3) is 0 Å². The van der Waals surface area contributed by atoms with Gasteiger partial charge in [-0.1, -0.05) is 17.7 Å². The van der Waals surface area contributed by atoms with Gasteiger partial charge >= 0.3 is 0 Å². The van der Waals surface area contributed by atoms with Crippen LogP contribution in [-0.4, -0.2) is 17.9 Å². The minimum absolute atomic E-state index is 0.155. The monoisotopic (exact) mass is 213 g/mol. The van der Waals surface area contributed by atoms with Crippen LogP contribution in [0.25, 0.3) is 0 Å². The number of hydrogen-bond donors (Lipinski definition) is 0. The highest BCUT2D eigenvalue weighted by Crippen LogP contribution is 2.19. The van der Waals surface area contributed by atoms with E-state index in [-0.39, 0.29) is 5.78 Å². The summed E-state index contributed by atoms with van der Waals surface area (Å²) in [5, 5.41) is 0.397. The zero-order valence-corrected chi connectivity index (χ0v) is 8.97. The van der Waals surface area contributed by atoms with Crippen LogP contribution in [0, 0.1) is 0 Å². The van der Waals surface area contributed by atoms with Gasteiger partial charge in [-0.05, 0) is 19.4 Å². The number of aryl methyl sites for hydroxylation is 1. The van der Waals surface area contributed by atoms with Crippen LogP contribution in [0.1, 0.15) is 18.9 Å². The Morgan fingerprint density at radius 1 is 1.57 bits per heavy atom. The summed E-state index contributed by atoms with van der Waals surface area (Å²) >= 11 is 5.70. The van der Waals surface area contributed by atoms with E-state index in [1.807, 2.05) is 6.07 Å². The lowest BCUT2D eigenvalue weighted by Gasteiger charge is -2.06. The predicted molar refractivity (Wildman–Crippen MR) is 54.8 cm³/mol. The number of methoxy groups -OCH3 is 1. The largest absolute Gasteiger partial charge is 0.481 e. The molecule has 1 aromatic rings. The fourth-order valence-electron chi connectivity index (χ4n) is 1.12. The van der Waals surface area contributed by atoms with Crippen LogP contribution in [-0.2, 0) is 11.2 Å². The number of ketones is 1. The van der Waals surface area contributed by atoms with Crippen LogP contribution in [0.5, 0.6) is 5.88 Å². The van der Waals surface area contributed by atoms with Gasteiger partial charge in [-0.25, -0.2) is 4.98 Å². The SMILES string of the molecule is COc1nc(Cl)ccc1CCC(C)=O. The summed E-state index contributed by atoms with van der Waals surface area (Å²) in [5.74, 6) is 0.653. The molecule has 1 aromatic heterocycles. The molecule has 0 unspecified atom stereocenters. The number of pyridine rings is 1. The molecule has 0 spiro atoms. The standard InChI is InChI=1S/C10H12ClNO2/c1-7(13)3-4-8-5-6-9(11)12-10(8)14-2/h5-6H,3-4H2,1-2H3. The lowest BCUT2D eigenvalue weighted by atomic mass is 10.1. The molecule has 0 aliphatic carbocycles. The quantitative estimate of drug-likeness (QED) is 0.721. The lowest BCUT2D eigenvalue weighted by molar-refractivity contribution is -0.116. The first-order valence-corrected chi connectivity index (χ1v) is 4.70. The third kappa shape index (κ3) is 3.00. The molecule has 76 valence electrons. The molecule has 0 saturated heterocycles. The van der Waals surface area contributed by atoms with Crippen molar-refractivity contribution in [1.82, 2.24) is 4.98 Å². The van der Waals surface area contributed by atoms with Gasteiger partial charge in [0.05, 0.1) is 7.11 Å². The summed E-state index contributed by atoms with van der Waals surface area (Å²) in [5.41, 5.74) is 0.909. The average molecular weight is 214 g/mol. The van der Waals surface area contributed by atoms with E-state index < -0.39 is 0 Å². The second-order valence-corrected chi connectivity index (χ2v) is 3.39. The van der Waals surface area contributed by atoms with Crippen molar-refractivity contribution in [2.75, 3.05) is 7.11 Å². The van der Waals surface area contributed by atoms with Crippen molar-refractivity contribution in [2.24, 2.45) is 0 Å². The first-order chi connectivity index (χ1) is 6.63. The molecule has 1 heterocycles. The summed E-state index contributed by atoms with van der Waals surface area (Å²) in [6.45, 7) is 1.57. The summed E-state index contributed by atoms with van der Waals surface area (Å²) < 4.78 is 5.05. The smallest absolute Gasteiger partial charge is 0.217 e. The molecule has 0 N–H and O–H groups in total. The van der Waals surface area contributed by atoms with E-state index in [2.05, 4.69) is 4.98 Å². The zero-order valence-electron chi connectivity index (χ0n) is 8.21. The van der Waals surface area contributed by atoms with Gasteiger partial charge in [0.15, 0.2) is 0 Å². The third-order valence-corrected chi connectivity index (χ3v) is 2.06. The molecule has 1 rings (SSSR count). The fourth-order valence-corrected chi connectivity index (χ4v) is 1.26. The Morgan fingerprint density at radius 2 is 2.29 bits per heavy atom. The summed E-state index contributed by atoms with van der Waals surface area (Å²) in [6, 6.07) is 3.52.